The van der Waals surface area contributed by atoms with Crippen LogP contribution < -0.4 is 20.8 Å². The molecule has 4 rings (SSSR count). The number of carboxylic acid groups (broad SMARTS) is 1. The van der Waals surface area contributed by atoms with Gasteiger partial charge in [0, 0.05) is 40.5 Å². The smallest absolute Gasteiger partial charge is 0.336 e. The Morgan fingerprint density at radius 2 is 1.92 bits per heavy atom. The first kappa shape index (κ1) is 25.0. The number of hydrogen-bond acceptors (Lipinski definition) is 6. The van der Waals surface area contributed by atoms with E-state index in [1.54, 1.807) is 19.2 Å². The number of aromatic amines is 1. The molecule has 2 heterocycles. The van der Waals surface area contributed by atoms with E-state index in [0.29, 0.717) is 16.9 Å². The van der Waals surface area contributed by atoms with Gasteiger partial charge >= 0.3 is 5.63 Å². The third kappa shape index (κ3) is 5.27. The first-order valence-corrected chi connectivity index (χ1v) is 12.1. The second-order valence-electron chi connectivity index (χ2n) is 8.96. The Hall–Kier alpha value is -4.07. The molecule has 0 spiro atoms. The molecule has 0 aliphatic carbocycles. The summed E-state index contributed by atoms with van der Waals surface area (Å²) in [6.45, 7) is 5.38. The number of ether oxygens (including phenoxy) is 1. The van der Waals surface area contributed by atoms with Crippen LogP contribution in [0.5, 0.6) is 5.75 Å². The topological polar surface area (TPSA) is 124 Å². The lowest BCUT2D eigenvalue weighted by Gasteiger charge is -2.23. The maximum Gasteiger partial charge on any atom is 0.336 e. The molecule has 0 radical (unpaired) electrons. The second-order valence-corrected chi connectivity index (χ2v) is 8.96. The fourth-order valence-electron chi connectivity index (χ4n) is 4.36. The average Bonchev–Trinajstić information content (AvgIpc) is 3.26. The van der Waals surface area contributed by atoms with Crippen molar-refractivity contribution in [2.45, 2.75) is 58.6 Å². The van der Waals surface area contributed by atoms with Gasteiger partial charge in [-0.05, 0) is 56.0 Å². The molecule has 0 unspecified atom stereocenters. The van der Waals surface area contributed by atoms with E-state index in [2.05, 4.69) is 17.2 Å². The number of hydrogen-bond donors (Lipinski definition) is 2. The van der Waals surface area contributed by atoms with Crippen molar-refractivity contribution in [3.63, 3.8) is 0 Å². The highest BCUT2D eigenvalue weighted by atomic mass is 16.5. The zero-order valence-electron chi connectivity index (χ0n) is 20.6. The van der Waals surface area contributed by atoms with Crippen molar-refractivity contribution in [1.82, 2.24) is 10.3 Å². The van der Waals surface area contributed by atoms with Crippen LogP contribution in [-0.2, 0) is 22.4 Å². The summed E-state index contributed by atoms with van der Waals surface area (Å²) >= 11 is 0. The molecule has 188 valence electrons. The van der Waals surface area contributed by atoms with Gasteiger partial charge in [0.2, 0.25) is 0 Å². The van der Waals surface area contributed by atoms with Crippen LogP contribution in [0, 0.1) is 6.92 Å². The highest BCUT2D eigenvalue weighted by Crippen LogP contribution is 2.30. The monoisotopic (exact) mass is 489 g/mol. The quantitative estimate of drug-likeness (QED) is 0.330. The van der Waals surface area contributed by atoms with Gasteiger partial charge in [0.15, 0.2) is 6.10 Å². The summed E-state index contributed by atoms with van der Waals surface area (Å²) in [6, 6.07) is 11.4. The SMILES string of the molecule is CCCCc1cc(=O)oc2c(C)c(O[C@@H](C)C(=O)N[C@@H](Cc3c[nH]c4ccccc34)C(=O)[O-])ccc12. The van der Waals surface area contributed by atoms with Crippen molar-refractivity contribution in [1.29, 1.82) is 0 Å². The number of aryl methyl sites for hydroxylation is 2. The number of carbonyl (C=O) groups is 2. The van der Waals surface area contributed by atoms with Gasteiger partial charge in [-0.1, -0.05) is 31.5 Å². The van der Waals surface area contributed by atoms with Crippen molar-refractivity contribution in [2.75, 3.05) is 0 Å². The first-order valence-electron chi connectivity index (χ1n) is 12.1. The molecule has 0 aliphatic heterocycles. The highest BCUT2D eigenvalue weighted by molar-refractivity contribution is 5.88. The lowest BCUT2D eigenvalue weighted by Crippen LogP contribution is -2.52. The lowest BCUT2D eigenvalue weighted by atomic mass is 10.0. The standard InChI is InChI=1S/C28H30N2O6/c1-4-5-8-18-14-25(31)36-26-16(2)24(12-11-21(18)26)35-17(3)27(32)30-23(28(33)34)13-19-15-29-22-10-7-6-9-20(19)22/h6-7,9-12,14-15,17,23,29H,4-5,8,13H2,1-3H3,(H,30,32)(H,33,34)/p-1/t17-,23-/m0/s1. The number of unbranched alkanes of at least 4 members (excludes halogenated alkanes) is 1. The van der Waals surface area contributed by atoms with Crippen molar-refractivity contribution in [3.05, 3.63) is 75.8 Å². The van der Waals surface area contributed by atoms with Crippen molar-refractivity contribution in [3.8, 4) is 5.75 Å². The predicted molar refractivity (Wildman–Crippen MR) is 135 cm³/mol. The Morgan fingerprint density at radius 1 is 1.14 bits per heavy atom. The number of benzene rings is 2. The minimum absolute atomic E-state index is 0.0610. The molecule has 2 aromatic carbocycles. The van der Waals surface area contributed by atoms with E-state index < -0.39 is 29.6 Å². The number of H-pyrrole nitrogens is 1. The van der Waals surface area contributed by atoms with E-state index in [9.17, 15) is 19.5 Å². The van der Waals surface area contributed by atoms with Crippen LogP contribution in [0.25, 0.3) is 21.9 Å². The second kappa shape index (κ2) is 10.7. The van der Waals surface area contributed by atoms with E-state index >= 15 is 0 Å². The van der Waals surface area contributed by atoms with Gasteiger partial charge < -0.3 is 29.4 Å². The maximum absolute atomic E-state index is 12.8. The molecule has 1 amide bonds. The minimum atomic E-state index is -1.39. The zero-order chi connectivity index (χ0) is 25.8. The number of carbonyl (C=O) groups excluding carboxylic acids is 2. The molecule has 36 heavy (non-hydrogen) atoms. The molecular formula is C28H29N2O6-. The molecule has 4 aromatic rings. The number of aromatic nitrogens is 1. The van der Waals surface area contributed by atoms with Crippen LogP contribution in [0.4, 0.5) is 0 Å². The number of nitrogens with one attached hydrogen (secondary N) is 2. The number of fused-ring (bicyclic) bond motifs is 2. The molecule has 0 aliphatic rings. The van der Waals surface area contributed by atoms with Crippen LogP contribution in [-0.4, -0.2) is 29.0 Å². The molecule has 0 bridgehead atoms. The van der Waals surface area contributed by atoms with Crippen molar-refractivity contribution in [2.24, 2.45) is 0 Å². The van der Waals surface area contributed by atoms with Crippen LogP contribution in [0.3, 0.4) is 0 Å². The number of amides is 1. The number of carboxylic acids is 1. The van der Waals surface area contributed by atoms with Crippen LogP contribution >= 0.6 is 0 Å². The molecule has 8 heteroatoms. The van der Waals surface area contributed by atoms with E-state index in [4.69, 9.17) is 9.15 Å². The Labute approximate surface area is 208 Å². The zero-order valence-corrected chi connectivity index (χ0v) is 20.6. The molecule has 2 N–H and O–H groups in total. The van der Waals surface area contributed by atoms with Gasteiger partial charge in [-0.2, -0.15) is 0 Å². The number of rotatable bonds is 10. The first-order chi connectivity index (χ1) is 17.3. The normalized spacial score (nSPS) is 13.0. The number of para-hydroxylation sites is 1. The molecule has 2 aromatic heterocycles. The molecular weight excluding hydrogens is 460 g/mol. The number of aliphatic carboxylic acids is 1. The Bertz CT molecular complexity index is 1470. The fourth-order valence-corrected chi connectivity index (χ4v) is 4.36. The van der Waals surface area contributed by atoms with Crippen LogP contribution in [0.2, 0.25) is 0 Å². The van der Waals surface area contributed by atoms with E-state index in [-0.39, 0.29) is 6.42 Å². The summed E-state index contributed by atoms with van der Waals surface area (Å²) in [7, 11) is 0. The summed E-state index contributed by atoms with van der Waals surface area (Å²) in [4.78, 5) is 39.9. The summed E-state index contributed by atoms with van der Waals surface area (Å²) in [5.74, 6) is -1.60. The van der Waals surface area contributed by atoms with Crippen LogP contribution in [0.1, 0.15) is 43.4 Å². The molecule has 2 atom stereocenters. The minimum Gasteiger partial charge on any atom is -0.548 e. The van der Waals surface area contributed by atoms with Gasteiger partial charge in [0.1, 0.15) is 11.3 Å². The van der Waals surface area contributed by atoms with Crippen molar-refractivity contribution < 1.29 is 23.8 Å². The summed E-state index contributed by atoms with van der Waals surface area (Å²) in [5, 5.41) is 16.0. The van der Waals surface area contributed by atoms with E-state index in [1.807, 2.05) is 30.3 Å². The Balaban J connectivity index is 1.50. The summed E-state index contributed by atoms with van der Waals surface area (Å²) < 4.78 is 11.3. The van der Waals surface area contributed by atoms with E-state index in [1.165, 1.54) is 13.0 Å². The maximum atomic E-state index is 12.8. The molecule has 0 saturated carbocycles. The Morgan fingerprint density at radius 3 is 2.67 bits per heavy atom. The highest BCUT2D eigenvalue weighted by Gasteiger charge is 2.22. The third-order valence-electron chi connectivity index (χ3n) is 6.37. The van der Waals surface area contributed by atoms with Gasteiger partial charge in [-0.15, -0.1) is 0 Å². The van der Waals surface area contributed by atoms with Gasteiger partial charge in [-0.3, -0.25) is 4.79 Å². The lowest BCUT2D eigenvalue weighted by molar-refractivity contribution is -0.308. The molecule has 0 fully saturated rings. The van der Waals surface area contributed by atoms with Gasteiger partial charge in [0.05, 0.1) is 12.0 Å². The van der Waals surface area contributed by atoms with Gasteiger partial charge in [-0.25, -0.2) is 4.79 Å². The molecule has 8 nitrogen and oxygen atoms in total. The Kier molecular flexibility index (Phi) is 7.43. The summed E-state index contributed by atoms with van der Waals surface area (Å²) in [5.41, 5.74) is 3.13. The fraction of sp³-hybridized carbons (Fsp3) is 0.321. The largest absolute Gasteiger partial charge is 0.548 e. The predicted octanol–water partition coefficient (Wildman–Crippen LogP) is 3.17. The van der Waals surface area contributed by atoms with Crippen LogP contribution in [0.15, 0.2) is 57.9 Å². The van der Waals surface area contributed by atoms with Gasteiger partial charge in [0.25, 0.3) is 5.91 Å². The molecule has 0 saturated heterocycles. The van der Waals surface area contributed by atoms with E-state index in [0.717, 1.165) is 46.7 Å². The van der Waals surface area contributed by atoms with Crippen molar-refractivity contribution >= 4 is 33.7 Å². The third-order valence-corrected chi connectivity index (χ3v) is 6.37. The average molecular weight is 490 g/mol. The summed E-state index contributed by atoms with van der Waals surface area (Å²) in [6.07, 6.45) is 3.51.